The number of nitrogen functional groups attached to an aromatic ring is 1. The van der Waals surface area contributed by atoms with Crippen LogP contribution < -0.4 is 5.73 Å². The lowest BCUT2D eigenvalue weighted by Crippen LogP contribution is -2.10. The maximum atomic E-state index is 11.9. The number of hydrogen-bond acceptors (Lipinski definition) is 5. The topological polar surface area (TPSA) is 83.0 Å². The predicted molar refractivity (Wildman–Crippen MR) is 78.1 cm³/mol. The molecule has 2 heterocycles. The Kier molecular flexibility index (Phi) is 4.39. The molecule has 6 nitrogen and oxygen atoms in total. The molecule has 0 amide bonds. The smallest absolute Gasteiger partial charge is 0.357 e. The van der Waals surface area contributed by atoms with Crippen LogP contribution in [-0.4, -0.2) is 20.7 Å². The van der Waals surface area contributed by atoms with Crippen molar-refractivity contribution < 1.29 is 9.53 Å². The van der Waals surface area contributed by atoms with Crippen molar-refractivity contribution in [2.45, 2.75) is 20.0 Å². The van der Waals surface area contributed by atoms with E-state index in [1.165, 1.54) is 12.3 Å². The molecule has 2 rings (SSSR count). The van der Waals surface area contributed by atoms with Crippen LogP contribution in [-0.2, 0) is 24.8 Å². The Balaban J connectivity index is 2.07. The molecule has 2 aromatic rings. The zero-order chi connectivity index (χ0) is 14.7. The van der Waals surface area contributed by atoms with Crippen molar-refractivity contribution in [2.75, 3.05) is 5.73 Å². The molecule has 0 unspecified atom stereocenters. The molecular formula is C13H15BrN4O2. The molecule has 0 saturated carbocycles. The second kappa shape index (κ2) is 6.04. The van der Waals surface area contributed by atoms with Gasteiger partial charge in [-0.3, -0.25) is 4.68 Å². The number of carbonyl (C=O) groups is 1. The first-order chi connectivity index (χ1) is 9.52. The summed E-state index contributed by atoms with van der Waals surface area (Å²) < 4.78 is 7.82. The summed E-state index contributed by atoms with van der Waals surface area (Å²) in [6.45, 7) is 2.15. The minimum absolute atomic E-state index is 0.134. The van der Waals surface area contributed by atoms with Crippen LogP contribution in [0, 0.1) is 0 Å². The standard InChI is InChI=1S/C13H15BrN4O2/c1-3-9-12(14)11(18(2)17-9)7-20-13(19)10-5-4-8(15)6-16-10/h4-6H,3,7,15H2,1-2H3. The number of aryl methyl sites for hydroxylation is 2. The number of halogens is 1. The first-order valence-electron chi connectivity index (χ1n) is 6.11. The largest absolute Gasteiger partial charge is 0.454 e. The number of hydrogen-bond donors (Lipinski definition) is 1. The minimum Gasteiger partial charge on any atom is -0.454 e. The van der Waals surface area contributed by atoms with Gasteiger partial charge in [-0.2, -0.15) is 5.10 Å². The van der Waals surface area contributed by atoms with E-state index in [-0.39, 0.29) is 12.3 Å². The number of nitrogens with two attached hydrogens (primary N) is 1. The Labute approximate surface area is 125 Å². The van der Waals surface area contributed by atoms with Crippen molar-refractivity contribution in [3.8, 4) is 0 Å². The van der Waals surface area contributed by atoms with Crippen LogP contribution >= 0.6 is 15.9 Å². The van der Waals surface area contributed by atoms with Gasteiger partial charge in [0.2, 0.25) is 0 Å². The monoisotopic (exact) mass is 338 g/mol. The Bertz CT molecular complexity index is 622. The van der Waals surface area contributed by atoms with Crippen molar-refractivity contribution >= 4 is 27.6 Å². The van der Waals surface area contributed by atoms with Crippen LogP contribution in [0.4, 0.5) is 5.69 Å². The second-order valence-corrected chi connectivity index (χ2v) is 5.03. The number of carbonyl (C=O) groups excluding carboxylic acids is 1. The molecule has 0 aliphatic carbocycles. The van der Waals surface area contributed by atoms with Gasteiger partial charge in [-0.25, -0.2) is 9.78 Å². The summed E-state index contributed by atoms with van der Waals surface area (Å²) >= 11 is 3.47. The minimum atomic E-state index is -0.490. The molecule has 0 bridgehead atoms. The number of anilines is 1. The van der Waals surface area contributed by atoms with Gasteiger partial charge in [-0.15, -0.1) is 0 Å². The Hall–Kier alpha value is -1.89. The molecular weight excluding hydrogens is 324 g/mol. The number of pyridine rings is 1. The lowest BCUT2D eigenvalue weighted by atomic mass is 10.3. The highest BCUT2D eigenvalue weighted by Crippen LogP contribution is 2.22. The van der Waals surface area contributed by atoms with E-state index >= 15 is 0 Å². The lowest BCUT2D eigenvalue weighted by Gasteiger charge is -2.05. The molecule has 0 aromatic carbocycles. The van der Waals surface area contributed by atoms with Crippen LogP contribution in [0.5, 0.6) is 0 Å². The third-order valence-electron chi connectivity index (χ3n) is 2.84. The third kappa shape index (κ3) is 2.98. The van der Waals surface area contributed by atoms with Crippen LogP contribution in [0.15, 0.2) is 22.8 Å². The summed E-state index contributed by atoms with van der Waals surface area (Å²) in [6, 6.07) is 3.15. The fraction of sp³-hybridized carbons (Fsp3) is 0.308. The molecule has 20 heavy (non-hydrogen) atoms. The molecule has 0 saturated heterocycles. The van der Waals surface area contributed by atoms with Crippen molar-refractivity contribution in [1.82, 2.24) is 14.8 Å². The summed E-state index contributed by atoms with van der Waals surface area (Å²) in [5, 5.41) is 4.34. The third-order valence-corrected chi connectivity index (χ3v) is 3.75. The summed E-state index contributed by atoms with van der Waals surface area (Å²) in [6.07, 6.45) is 2.23. The quantitative estimate of drug-likeness (QED) is 0.863. The molecule has 7 heteroatoms. The second-order valence-electron chi connectivity index (χ2n) is 4.24. The number of esters is 1. The summed E-state index contributed by atoms with van der Waals surface area (Å²) in [7, 11) is 1.81. The molecule has 0 spiro atoms. The molecule has 0 aliphatic heterocycles. The van der Waals surface area contributed by atoms with Crippen LogP contribution in [0.25, 0.3) is 0 Å². The van der Waals surface area contributed by atoms with Gasteiger partial charge in [-0.1, -0.05) is 6.92 Å². The van der Waals surface area contributed by atoms with Crippen molar-refractivity contribution in [3.63, 3.8) is 0 Å². The van der Waals surface area contributed by atoms with Gasteiger partial charge in [0.25, 0.3) is 0 Å². The first-order valence-corrected chi connectivity index (χ1v) is 6.91. The van der Waals surface area contributed by atoms with Gasteiger partial charge in [0.1, 0.15) is 12.3 Å². The average Bonchev–Trinajstić information content (AvgIpc) is 2.71. The molecule has 0 atom stereocenters. The van der Waals surface area contributed by atoms with E-state index in [1.807, 2.05) is 14.0 Å². The SMILES string of the molecule is CCc1nn(C)c(COC(=O)c2ccc(N)cn2)c1Br. The molecule has 106 valence electrons. The van der Waals surface area contributed by atoms with E-state index in [2.05, 4.69) is 26.0 Å². The van der Waals surface area contributed by atoms with Gasteiger partial charge in [0.15, 0.2) is 0 Å². The van der Waals surface area contributed by atoms with Crippen LogP contribution in [0.3, 0.4) is 0 Å². The maximum Gasteiger partial charge on any atom is 0.357 e. The van der Waals surface area contributed by atoms with E-state index in [0.717, 1.165) is 22.3 Å². The molecule has 2 aromatic heterocycles. The highest BCUT2D eigenvalue weighted by Gasteiger charge is 2.15. The molecule has 2 N–H and O–H groups in total. The van der Waals surface area contributed by atoms with Crippen molar-refractivity contribution in [2.24, 2.45) is 7.05 Å². The molecule has 0 fully saturated rings. The summed E-state index contributed by atoms with van der Waals surface area (Å²) in [5.74, 6) is -0.490. The number of ether oxygens (including phenoxy) is 1. The van der Waals surface area contributed by atoms with Gasteiger partial charge in [0.05, 0.1) is 27.7 Å². The first kappa shape index (κ1) is 14.5. The fourth-order valence-corrected chi connectivity index (χ4v) is 2.44. The molecule has 0 radical (unpaired) electrons. The van der Waals surface area contributed by atoms with E-state index in [4.69, 9.17) is 10.5 Å². The van der Waals surface area contributed by atoms with E-state index in [1.54, 1.807) is 10.7 Å². The number of nitrogens with zero attached hydrogens (tertiary/aromatic N) is 3. The summed E-state index contributed by atoms with van der Waals surface area (Å²) in [5.41, 5.74) is 8.00. The average molecular weight is 339 g/mol. The van der Waals surface area contributed by atoms with E-state index < -0.39 is 5.97 Å². The van der Waals surface area contributed by atoms with Gasteiger partial charge in [-0.05, 0) is 34.5 Å². The zero-order valence-electron chi connectivity index (χ0n) is 11.3. The van der Waals surface area contributed by atoms with Gasteiger partial charge < -0.3 is 10.5 Å². The number of rotatable bonds is 4. The van der Waals surface area contributed by atoms with Gasteiger partial charge in [0, 0.05) is 7.05 Å². The van der Waals surface area contributed by atoms with Crippen molar-refractivity contribution in [3.05, 3.63) is 39.9 Å². The summed E-state index contributed by atoms with van der Waals surface area (Å²) in [4.78, 5) is 15.8. The Morgan fingerprint density at radius 1 is 1.50 bits per heavy atom. The number of aromatic nitrogens is 3. The fourth-order valence-electron chi connectivity index (χ4n) is 1.71. The normalized spacial score (nSPS) is 10.6. The van der Waals surface area contributed by atoms with Gasteiger partial charge >= 0.3 is 5.97 Å². The van der Waals surface area contributed by atoms with E-state index in [9.17, 15) is 4.79 Å². The zero-order valence-corrected chi connectivity index (χ0v) is 12.8. The maximum absolute atomic E-state index is 11.9. The van der Waals surface area contributed by atoms with Crippen LogP contribution in [0.2, 0.25) is 0 Å². The lowest BCUT2D eigenvalue weighted by molar-refractivity contribution is 0.0456. The van der Waals surface area contributed by atoms with E-state index in [0.29, 0.717) is 5.69 Å². The Morgan fingerprint density at radius 3 is 2.80 bits per heavy atom. The highest BCUT2D eigenvalue weighted by atomic mass is 79.9. The predicted octanol–water partition coefficient (Wildman–Crippen LogP) is 2.08. The highest BCUT2D eigenvalue weighted by molar-refractivity contribution is 9.10. The Morgan fingerprint density at radius 2 is 2.25 bits per heavy atom. The van der Waals surface area contributed by atoms with Crippen molar-refractivity contribution in [1.29, 1.82) is 0 Å². The molecule has 0 aliphatic rings. The van der Waals surface area contributed by atoms with Crippen LogP contribution in [0.1, 0.15) is 28.8 Å².